The highest BCUT2D eigenvalue weighted by atomic mass is 19.1. The zero-order valence-corrected chi connectivity index (χ0v) is 69.4. The zero-order chi connectivity index (χ0) is 89.0. The average Bonchev–Trinajstić information content (AvgIpc) is 1.74. The molecular weight excluding hydrogens is 1640 g/mol. The number of likely N-dealkylation sites (tertiary alicyclic amines) is 1. The van der Waals surface area contributed by atoms with E-state index in [1.807, 2.05) is 70.3 Å². The highest BCUT2D eigenvalue weighted by Crippen LogP contribution is 2.44. The van der Waals surface area contributed by atoms with Gasteiger partial charge in [0.15, 0.2) is 69.1 Å². The minimum atomic E-state index is -0.607. The van der Waals surface area contributed by atoms with Crippen molar-refractivity contribution in [3.05, 3.63) is 234 Å². The molecule has 0 unspecified atom stereocenters. The Morgan fingerprint density at radius 2 is 0.764 bits per heavy atom. The second-order valence-electron chi connectivity index (χ2n) is 30.6. The van der Waals surface area contributed by atoms with Crippen LogP contribution in [0.15, 0.2) is 160 Å². The molecular formula is C85H84F4N32O6. The molecule has 12 N–H and O–H groups in total. The van der Waals surface area contributed by atoms with E-state index in [-0.39, 0.29) is 80.1 Å². The molecule has 15 aromatic rings. The van der Waals surface area contributed by atoms with Gasteiger partial charge in [-0.25, -0.2) is 70.5 Å². The van der Waals surface area contributed by atoms with Crippen LogP contribution in [-0.4, -0.2) is 235 Å². The van der Waals surface area contributed by atoms with E-state index in [0.717, 1.165) is 190 Å². The largest absolute Gasteiger partial charge is 0.473 e. The van der Waals surface area contributed by atoms with Crippen molar-refractivity contribution in [1.82, 2.24) is 113 Å². The van der Waals surface area contributed by atoms with Gasteiger partial charge in [0.1, 0.15) is 39.9 Å². The molecule has 648 valence electrons. The first-order valence-corrected chi connectivity index (χ1v) is 40.1. The van der Waals surface area contributed by atoms with E-state index < -0.39 is 46.9 Å². The van der Waals surface area contributed by atoms with Crippen LogP contribution in [0.5, 0.6) is 5.88 Å². The Hall–Kier alpha value is -15.7. The molecule has 1 atom stereocenters. The molecule has 3 saturated heterocycles. The first kappa shape index (κ1) is 84.9. The van der Waals surface area contributed by atoms with Gasteiger partial charge in [-0.05, 0) is 121 Å². The molecule has 0 bridgehead atoms. The van der Waals surface area contributed by atoms with Crippen LogP contribution < -0.4 is 53.8 Å². The number of likely N-dealkylation sites (N-methyl/N-ethyl adjacent to an activating group) is 3. The van der Waals surface area contributed by atoms with Crippen LogP contribution in [0.25, 0.3) is 56.0 Å². The Labute approximate surface area is 720 Å². The van der Waals surface area contributed by atoms with Crippen LogP contribution >= 0.6 is 0 Å². The topological polar surface area (TPSA) is 474 Å². The quantitative estimate of drug-likeness (QED) is 0.0419. The maximum Gasteiger partial charge on any atom is 0.272 e. The second kappa shape index (κ2) is 36.4. The third kappa shape index (κ3) is 18.7. The maximum absolute atomic E-state index is 13.5. The van der Waals surface area contributed by atoms with Gasteiger partial charge in [0.2, 0.25) is 5.88 Å². The molecule has 18 heterocycles. The molecule has 4 fully saturated rings. The number of rotatable bonds is 16. The number of pyridine rings is 7. The summed E-state index contributed by atoms with van der Waals surface area (Å²) >= 11 is 0. The molecule has 0 radical (unpaired) electrons. The number of nitrogens with zero attached hydrogens (tertiary/aromatic N) is 24. The van der Waals surface area contributed by atoms with E-state index >= 15 is 0 Å². The van der Waals surface area contributed by atoms with E-state index in [4.69, 9.17) is 32.7 Å². The summed E-state index contributed by atoms with van der Waals surface area (Å²) in [7, 11) is 6.22. The number of carbonyl (C=O) groups excluding carboxylic acids is 5. The molecule has 127 heavy (non-hydrogen) atoms. The van der Waals surface area contributed by atoms with Gasteiger partial charge >= 0.3 is 0 Å². The van der Waals surface area contributed by atoms with E-state index in [1.165, 1.54) is 6.20 Å². The first-order chi connectivity index (χ1) is 61.2. The zero-order valence-electron chi connectivity index (χ0n) is 69.4. The number of nitrogen functional groups attached to an aromatic ring is 4. The number of carbonyl (C=O) groups is 5. The Balaban J connectivity index is 0.000000126. The molecule has 42 heteroatoms. The molecule has 1 aliphatic carbocycles. The van der Waals surface area contributed by atoms with Gasteiger partial charge in [0, 0.05) is 147 Å². The van der Waals surface area contributed by atoms with Crippen molar-refractivity contribution in [3.8, 4) is 39.3 Å². The summed E-state index contributed by atoms with van der Waals surface area (Å²) in [6.45, 7) is 14.3. The molecule has 5 amide bonds. The molecule has 3 aliphatic heterocycles. The molecule has 38 nitrogen and oxygen atoms in total. The summed E-state index contributed by atoms with van der Waals surface area (Å²) in [5, 5.41) is 27.2. The van der Waals surface area contributed by atoms with Crippen LogP contribution in [0, 0.1) is 44.0 Å². The van der Waals surface area contributed by atoms with Crippen molar-refractivity contribution < 1.29 is 46.3 Å². The Morgan fingerprint density at radius 1 is 0.394 bits per heavy atom. The molecule has 15 aromatic heterocycles. The molecule has 4 aliphatic rings. The summed E-state index contributed by atoms with van der Waals surface area (Å²) < 4.78 is 64.3. The lowest BCUT2D eigenvalue weighted by Gasteiger charge is -2.33. The monoisotopic (exact) mass is 1720 g/mol. The predicted octanol–water partition coefficient (Wildman–Crippen LogP) is 8.60. The fraction of sp³-hybridized carbons (Fsp3) is 0.247. The average molecular weight is 1730 g/mol. The summed E-state index contributed by atoms with van der Waals surface area (Å²) in [6, 6.07) is 18.5. The van der Waals surface area contributed by atoms with Gasteiger partial charge < -0.3 is 73.4 Å². The van der Waals surface area contributed by atoms with Crippen LogP contribution in [0.1, 0.15) is 99.7 Å². The lowest BCUT2D eigenvalue weighted by atomic mass is 10.0. The van der Waals surface area contributed by atoms with Crippen molar-refractivity contribution >= 4 is 104 Å². The summed E-state index contributed by atoms with van der Waals surface area (Å²) in [5.41, 5.74) is 34.8. The molecule has 0 spiro atoms. The van der Waals surface area contributed by atoms with Crippen molar-refractivity contribution in [2.45, 2.75) is 52.1 Å². The lowest BCUT2D eigenvalue weighted by molar-refractivity contribution is 0.0657. The Morgan fingerprint density at radius 3 is 1.15 bits per heavy atom. The highest BCUT2D eigenvalue weighted by molar-refractivity contribution is 6.15. The highest BCUT2D eigenvalue weighted by Gasteiger charge is 2.32. The van der Waals surface area contributed by atoms with Crippen LogP contribution in [-0.2, 0) is 0 Å². The van der Waals surface area contributed by atoms with Crippen LogP contribution in [0.2, 0.25) is 0 Å². The van der Waals surface area contributed by atoms with Gasteiger partial charge in [-0.15, -0.1) is 20.4 Å². The normalized spacial score (nSPS) is 14.8. The lowest BCUT2D eigenvalue weighted by Crippen LogP contribution is -2.47. The number of nitrogens with two attached hydrogens (primary N) is 4. The Kier molecular flexibility index (Phi) is 24.3. The third-order valence-corrected chi connectivity index (χ3v) is 21.7. The van der Waals surface area contributed by atoms with E-state index in [2.05, 4.69) is 125 Å². The standard InChI is InChI=1S/C24H24FN9O2.C23H24FN9O.C23H23FN8O2.C15H13FN6O/c1-14-16(3-4-18(29-14)24(36)33-9-7-32(2)8-10-33)17-5-6-27-12-19(17)30-23(35)20-21(26)31-34-13-15(25)11-28-22(20)34;1-14-16(3-4-19(28-14)32-9-7-31(2)8-10-32)17-5-6-26-12-18(17)29-23(34)20-21(25)30-33-13-15(24)11-27-22(20)33;1-13-16(3-4-19(28-13)34-15-6-8-31(2)12-15)17-5-7-26-10-18(17)29-23(33)20-21(25)30-32-11-14(24)9-27-22(20)32;16-9-5-19-14-12(13(17)21-22(14)7-9)15(23)20-11-6-18-4-3-10(11)8-1-2-8/h3-6,11-13H,7-10H2,1-2H3,(H2,26,31)(H,30,35);3-6,11-13H,7-10H2,1-2H3,(H2,25,30)(H,29,34);3-5,7,9-11,15H,6,8,12H2,1-2H3,(H2,25,30)(H,29,33);3-8H,1-2H2,(H2,17,21)(H,20,23)/t;;15-;/m..1./s1. The minimum Gasteiger partial charge on any atom is -0.473 e. The second-order valence-corrected chi connectivity index (χ2v) is 30.6. The fourth-order valence-corrected chi connectivity index (χ4v) is 15.0. The maximum atomic E-state index is 13.5. The number of aromatic nitrogens is 19. The number of aryl methyl sites for hydroxylation is 3. The number of ether oxygens (including phenoxy) is 1. The van der Waals surface area contributed by atoms with Gasteiger partial charge in [-0.1, -0.05) is 6.07 Å². The van der Waals surface area contributed by atoms with Crippen molar-refractivity contribution in [3.63, 3.8) is 0 Å². The van der Waals surface area contributed by atoms with Crippen molar-refractivity contribution in [1.29, 1.82) is 0 Å². The number of fused-ring (bicyclic) bond motifs is 4. The number of piperazine rings is 2. The number of halogens is 4. The Bertz CT molecular complexity index is 6740. The van der Waals surface area contributed by atoms with Gasteiger partial charge in [0.05, 0.1) is 97.1 Å². The molecule has 1 saturated carbocycles. The van der Waals surface area contributed by atoms with Crippen LogP contribution in [0.3, 0.4) is 0 Å². The third-order valence-electron chi connectivity index (χ3n) is 21.7. The van der Waals surface area contributed by atoms with Gasteiger partial charge in [0.25, 0.3) is 29.5 Å². The van der Waals surface area contributed by atoms with E-state index in [0.29, 0.717) is 64.6 Å². The molecule has 0 aromatic carbocycles. The molecule has 19 rings (SSSR count). The van der Waals surface area contributed by atoms with E-state index in [1.54, 1.807) is 66.5 Å². The van der Waals surface area contributed by atoms with Gasteiger partial charge in [-0.3, -0.25) is 43.9 Å². The van der Waals surface area contributed by atoms with Crippen LogP contribution in [0.4, 0.5) is 69.4 Å². The fourth-order valence-electron chi connectivity index (χ4n) is 15.0. The predicted molar refractivity (Wildman–Crippen MR) is 464 cm³/mol. The summed E-state index contributed by atoms with van der Waals surface area (Å²) in [4.78, 5) is 122. The van der Waals surface area contributed by atoms with Gasteiger partial charge in [-0.2, -0.15) is 0 Å². The first-order valence-electron chi connectivity index (χ1n) is 40.1. The number of nitrogens with one attached hydrogen (secondary N) is 4. The van der Waals surface area contributed by atoms with Crippen molar-refractivity contribution in [2.75, 3.05) is 136 Å². The minimum absolute atomic E-state index is 0.00235. The SMILES string of the molecule is Cc1nc(C(=O)N2CCN(C)CC2)ccc1-c1ccncc1NC(=O)c1c(N)nn2cc(F)cnc12.Cc1nc(N2CCN(C)CC2)ccc1-c1ccncc1NC(=O)c1c(N)nn2cc(F)cnc12.Cc1nc(O[C@@H]2CCN(C)C2)ccc1-c1ccncc1NC(=O)c1c(N)nn2cc(F)cnc12.Nc1nn2cc(F)cnc2c1C(=O)Nc1cnccc1C1CC1. The van der Waals surface area contributed by atoms with Crippen molar-refractivity contribution in [2.24, 2.45) is 0 Å². The number of hydrogen-bond donors (Lipinski definition) is 8. The number of hydrogen-bond acceptors (Lipinski definition) is 29. The smallest absolute Gasteiger partial charge is 0.272 e. The summed E-state index contributed by atoms with van der Waals surface area (Å²) in [5.74, 6) is -2.72. The van der Waals surface area contributed by atoms with E-state index in [9.17, 15) is 41.5 Å². The number of anilines is 9. The summed E-state index contributed by atoms with van der Waals surface area (Å²) in [6.07, 6.45) is 24.6. The number of amides is 5.